The molecule has 6 rings (SSSR count). The molecule has 0 spiro atoms. The van der Waals surface area contributed by atoms with Crippen molar-refractivity contribution >= 4 is 40.6 Å². The van der Waals surface area contributed by atoms with Gasteiger partial charge in [-0.05, 0) is 35.4 Å². The third kappa shape index (κ3) is 3.88. The summed E-state index contributed by atoms with van der Waals surface area (Å²) >= 11 is 2.39. The highest BCUT2D eigenvalue weighted by molar-refractivity contribution is 8.00. The number of aromatic amines is 1. The summed E-state index contributed by atoms with van der Waals surface area (Å²) in [6.07, 6.45) is 0. The van der Waals surface area contributed by atoms with Crippen molar-refractivity contribution in [3.8, 4) is 5.75 Å². The third-order valence-electron chi connectivity index (χ3n) is 6.33. The van der Waals surface area contributed by atoms with Crippen LogP contribution in [0.25, 0.3) is 0 Å². The first-order valence-corrected chi connectivity index (χ1v) is 12.9. The second-order valence-electron chi connectivity index (χ2n) is 8.44. The van der Waals surface area contributed by atoms with Crippen molar-refractivity contribution in [1.29, 1.82) is 0 Å². The molecule has 3 aromatic carbocycles. The summed E-state index contributed by atoms with van der Waals surface area (Å²) in [7, 11) is 0. The number of hydrogen-bond donors (Lipinski definition) is 1. The molecule has 0 bridgehead atoms. The molecule has 2 aliphatic heterocycles. The minimum Gasteiger partial charge on any atom is -0.489 e. The molecular weight excluding hydrogens is 480 g/mol. The number of carbonyl (C=O) groups is 2. The summed E-state index contributed by atoms with van der Waals surface area (Å²) in [6.45, 7) is 0.452. The van der Waals surface area contributed by atoms with Crippen LogP contribution in [-0.4, -0.2) is 22.0 Å². The lowest BCUT2D eigenvalue weighted by atomic mass is 9.83. The first kappa shape index (κ1) is 21.9. The van der Waals surface area contributed by atoms with Crippen LogP contribution in [0.5, 0.6) is 5.75 Å². The number of H-pyrrole nitrogens is 1. The Balaban J connectivity index is 1.34. The number of para-hydroxylation sites is 1. The number of nitrogens with one attached hydrogen (secondary N) is 1. The van der Waals surface area contributed by atoms with E-state index in [-0.39, 0.29) is 16.7 Å². The molecular formula is C27H20N2O4S2. The topological polar surface area (TPSA) is 79.5 Å². The Kier molecular flexibility index (Phi) is 5.54. The predicted octanol–water partition coefficient (Wildman–Crippen LogP) is 4.81. The van der Waals surface area contributed by atoms with Gasteiger partial charge in [0.15, 0.2) is 0 Å². The van der Waals surface area contributed by atoms with Crippen molar-refractivity contribution in [2.75, 3.05) is 4.90 Å². The van der Waals surface area contributed by atoms with Crippen molar-refractivity contribution in [2.45, 2.75) is 22.8 Å². The standard InChI is InChI=1S/C27H20N2O4S2/c30-25-21-20(17-11-13-19(14-12-17)33-15-16-7-3-1-4-8-16)22-24(28-27(32)35-22)34-23(21)26(31)29(25)18-9-5-2-6-10-18/h1-14,20-21,23H,15H2,(H,28,32)/t20-,21-,23+/m0/s1. The van der Waals surface area contributed by atoms with E-state index in [1.807, 2.05) is 72.8 Å². The Bertz CT molecular complexity index is 1450. The minimum atomic E-state index is -0.598. The fourth-order valence-electron chi connectivity index (χ4n) is 4.72. The second-order valence-corrected chi connectivity index (χ2v) is 10.6. The second kappa shape index (κ2) is 8.87. The molecule has 4 aromatic rings. The summed E-state index contributed by atoms with van der Waals surface area (Å²) < 4.78 is 5.92. The molecule has 3 atom stereocenters. The van der Waals surface area contributed by atoms with Gasteiger partial charge in [-0.2, -0.15) is 0 Å². The summed E-state index contributed by atoms with van der Waals surface area (Å²) in [5, 5.41) is 0.0752. The summed E-state index contributed by atoms with van der Waals surface area (Å²) in [6, 6.07) is 26.5. The maximum absolute atomic E-state index is 13.7. The number of thioether (sulfide) groups is 1. The molecule has 174 valence electrons. The summed E-state index contributed by atoms with van der Waals surface area (Å²) in [4.78, 5) is 44.1. The van der Waals surface area contributed by atoms with Crippen molar-refractivity contribution < 1.29 is 14.3 Å². The summed E-state index contributed by atoms with van der Waals surface area (Å²) in [5.41, 5.74) is 2.51. The molecule has 1 aromatic heterocycles. The van der Waals surface area contributed by atoms with E-state index in [0.29, 0.717) is 23.1 Å². The van der Waals surface area contributed by atoms with Gasteiger partial charge < -0.3 is 9.72 Å². The Morgan fingerprint density at radius 1 is 0.829 bits per heavy atom. The van der Waals surface area contributed by atoms with Crippen LogP contribution >= 0.6 is 23.1 Å². The molecule has 2 amide bonds. The number of hydrogen-bond acceptors (Lipinski definition) is 6. The lowest BCUT2D eigenvalue weighted by Gasteiger charge is -2.29. The van der Waals surface area contributed by atoms with E-state index in [4.69, 9.17) is 4.74 Å². The lowest BCUT2D eigenvalue weighted by Crippen LogP contribution is -2.32. The predicted molar refractivity (Wildman–Crippen MR) is 136 cm³/mol. The Labute approximate surface area is 209 Å². The van der Waals surface area contributed by atoms with Crippen LogP contribution in [0, 0.1) is 5.92 Å². The van der Waals surface area contributed by atoms with E-state index in [1.54, 1.807) is 12.1 Å². The van der Waals surface area contributed by atoms with Crippen molar-refractivity contribution in [1.82, 2.24) is 4.98 Å². The van der Waals surface area contributed by atoms with Gasteiger partial charge >= 0.3 is 4.87 Å². The highest BCUT2D eigenvalue weighted by Gasteiger charge is 2.56. The molecule has 1 fully saturated rings. The normalized spacial score (nSPS) is 21.0. The van der Waals surface area contributed by atoms with Gasteiger partial charge in [-0.25, -0.2) is 4.90 Å². The largest absolute Gasteiger partial charge is 0.489 e. The number of thiazole rings is 1. The first-order valence-electron chi connectivity index (χ1n) is 11.2. The van der Waals surface area contributed by atoms with Crippen LogP contribution in [0.15, 0.2) is 94.7 Å². The average molecular weight is 501 g/mol. The maximum Gasteiger partial charge on any atom is 0.305 e. The molecule has 1 saturated heterocycles. The van der Waals surface area contributed by atoms with Gasteiger partial charge in [0.05, 0.1) is 16.6 Å². The molecule has 0 radical (unpaired) electrons. The maximum atomic E-state index is 13.7. The molecule has 35 heavy (non-hydrogen) atoms. The van der Waals surface area contributed by atoms with Crippen LogP contribution in [-0.2, 0) is 16.2 Å². The van der Waals surface area contributed by atoms with Crippen LogP contribution in [0.2, 0.25) is 0 Å². The number of rotatable bonds is 5. The van der Waals surface area contributed by atoms with Crippen LogP contribution in [0.1, 0.15) is 21.9 Å². The molecule has 0 saturated carbocycles. The van der Waals surface area contributed by atoms with E-state index in [2.05, 4.69) is 4.98 Å². The number of imide groups is 1. The number of amides is 2. The monoisotopic (exact) mass is 500 g/mol. The highest BCUT2D eigenvalue weighted by atomic mass is 32.2. The van der Waals surface area contributed by atoms with Gasteiger partial charge in [0.25, 0.3) is 0 Å². The quantitative estimate of drug-likeness (QED) is 0.398. The molecule has 6 nitrogen and oxygen atoms in total. The first-order chi connectivity index (χ1) is 17.1. The number of carbonyl (C=O) groups excluding carboxylic acids is 2. The fourth-order valence-corrected chi connectivity index (χ4v) is 7.24. The van der Waals surface area contributed by atoms with E-state index in [0.717, 1.165) is 27.3 Å². The van der Waals surface area contributed by atoms with Crippen molar-refractivity contribution in [3.05, 3.63) is 111 Å². The number of aromatic nitrogens is 1. The number of anilines is 1. The Hall–Kier alpha value is -3.62. The van der Waals surface area contributed by atoms with E-state index in [1.165, 1.54) is 16.7 Å². The summed E-state index contributed by atoms with van der Waals surface area (Å²) in [5.74, 6) is -0.765. The van der Waals surface area contributed by atoms with Crippen LogP contribution < -0.4 is 14.5 Å². The molecule has 3 heterocycles. The number of benzene rings is 3. The fraction of sp³-hybridized carbons (Fsp3) is 0.148. The van der Waals surface area contributed by atoms with E-state index >= 15 is 0 Å². The van der Waals surface area contributed by atoms with Gasteiger partial charge in [-0.1, -0.05) is 83.8 Å². The van der Waals surface area contributed by atoms with E-state index < -0.39 is 17.1 Å². The smallest absolute Gasteiger partial charge is 0.305 e. The van der Waals surface area contributed by atoms with Gasteiger partial charge in [0, 0.05) is 10.8 Å². The zero-order valence-electron chi connectivity index (χ0n) is 18.4. The molecule has 8 heteroatoms. The van der Waals surface area contributed by atoms with Gasteiger partial charge in [0.2, 0.25) is 11.8 Å². The SMILES string of the molecule is O=C1[C@H]2[C@H](c3ccc(OCc4ccccc4)cc3)c3sc(=O)[nH]c3S[C@H]2C(=O)N1c1ccccc1. The van der Waals surface area contributed by atoms with Crippen LogP contribution in [0.3, 0.4) is 0 Å². The lowest BCUT2D eigenvalue weighted by molar-refractivity contribution is -0.122. The molecule has 0 aliphatic carbocycles. The van der Waals surface area contributed by atoms with Gasteiger partial charge in [-0.3, -0.25) is 14.4 Å². The number of fused-ring (bicyclic) bond motifs is 2. The average Bonchev–Trinajstić information content (AvgIpc) is 3.38. The molecule has 0 unspecified atom stereocenters. The zero-order chi connectivity index (χ0) is 23.9. The van der Waals surface area contributed by atoms with Crippen molar-refractivity contribution in [2.24, 2.45) is 5.92 Å². The van der Waals surface area contributed by atoms with Gasteiger partial charge in [0.1, 0.15) is 17.6 Å². The van der Waals surface area contributed by atoms with E-state index in [9.17, 15) is 14.4 Å². The Morgan fingerprint density at radius 3 is 2.23 bits per heavy atom. The molecule has 1 N–H and O–H groups in total. The number of nitrogens with zero attached hydrogens (tertiary/aromatic N) is 1. The minimum absolute atomic E-state index is 0.185. The highest BCUT2D eigenvalue weighted by Crippen LogP contribution is 2.53. The van der Waals surface area contributed by atoms with Crippen LogP contribution in [0.4, 0.5) is 5.69 Å². The number of ether oxygens (including phenoxy) is 1. The molecule has 2 aliphatic rings. The van der Waals surface area contributed by atoms with Gasteiger partial charge in [-0.15, -0.1) is 0 Å². The van der Waals surface area contributed by atoms with Crippen molar-refractivity contribution in [3.63, 3.8) is 0 Å². The third-order valence-corrected chi connectivity index (χ3v) is 8.73. The Morgan fingerprint density at radius 2 is 1.51 bits per heavy atom. The zero-order valence-corrected chi connectivity index (χ0v) is 20.1.